The number of nitrogens with zero attached hydrogens (tertiary/aromatic N) is 2. The molecule has 1 fully saturated rings. The van der Waals surface area contributed by atoms with Gasteiger partial charge in [0.15, 0.2) is 0 Å². The number of nitrogens with one attached hydrogen (secondary N) is 1. The highest BCUT2D eigenvalue weighted by molar-refractivity contribution is 7.18. The van der Waals surface area contributed by atoms with Crippen LogP contribution in [0.3, 0.4) is 0 Å². The fourth-order valence-electron chi connectivity index (χ4n) is 3.64. The SMILES string of the molecule is CC(C)(O)c1cc2nc(C3CCCCC3)sc2cc1NC(=O)c1cscn1. The summed E-state index contributed by atoms with van der Waals surface area (Å²) >= 11 is 3.08. The van der Waals surface area contributed by atoms with E-state index in [4.69, 9.17) is 4.98 Å². The Bertz CT molecular complexity index is 952. The molecule has 5 nitrogen and oxygen atoms in total. The van der Waals surface area contributed by atoms with Crippen molar-refractivity contribution in [3.8, 4) is 0 Å². The summed E-state index contributed by atoms with van der Waals surface area (Å²) in [7, 11) is 0. The molecular weight excluding hydrogens is 378 g/mol. The maximum Gasteiger partial charge on any atom is 0.275 e. The van der Waals surface area contributed by atoms with Crippen LogP contribution >= 0.6 is 22.7 Å². The molecule has 0 unspecified atom stereocenters. The first-order chi connectivity index (χ1) is 12.9. The summed E-state index contributed by atoms with van der Waals surface area (Å²) in [4.78, 5) is 21.4. The van der Waals surface area contributed by atoms with Gasteiger partial charge < -0.3 is 10.4 Å². The van der Waals surface area contributed by atoms with E-state index in [0.717, 1.165) is 10.2 Å². The van der Waals surface area contributed by atoms with Gasteiger partial charge in [-0.15, -0.1) is 22.7 Å². The number of aliphatic hydroxyl groups is 1. The third kappa shape index (κ3) is 3.90. The summed E-state index contributed by atoms with van der Waals surface area (Å²) in [5, 5.41) is 16.5. The van der Waals surface area contributed by atoms with E-state index in [0.29, 0.717) is 22.9 Å². The summed E-state index contributed by atoms with van der Waals surface area (Å²) in [5.41, 5.74) is 3.10. The van der Waals surface area contributed by atoms with E-state index in [9.17, 15) is 9.90 Å². The number of rotatable bonds is 4. The molecule has 0 aliphatic heterocycles. The van der Waals surface area contributed by atoms with Crippen LogP contribution in [0.25, 0.3) is 10.2 Å². The molecule has 0 radical (unpaired) electrons. The van der Waals surface area contributed by atoms with E-state index in [1.54, 1.807) is 36.1 Å². The molecule has 2 N–H and O–H groups in total. The number of carbonyl (C=O) groups is 1. The first-order valence-electron chi connectivity index (χ1n) is 9.28. The zero-order chi connectivity index (χ0) is 19.0. The Kier molecular flexibility index (Phi) is 5.01. The molecule has 1 aromatic carbocycles. The second-order valence-corrected chi connectivity index (χ2v) is 9.42. The van der Waals surface area contributed by atoms with Crippen molar-refractivity contribution in [1.29, 1.82) is 0 Å². The molecule has 3 aromatic rings. The van der Waals surface area contributed by atoms with Crippen molar-refractivity contribution in [1.82, 2.24) is 9.97 Å². The maximum absolute atomic E-state index is 12.5. The fourth-order valence-corrected chi connectivity index (χ4v) is 5.33. The number of amides is 1. The Balaban J connectivity index is 1.73. The monoisotopic (exact) mass is 401 g/mol. The molecule has 27 heavy (non-hydrogen) atoms. The Morgan fingerprint density at radius 1 is 1.26 bits per heavy atom. The van der Waals surface area contributed by atoms with Gasteiger partial charge in [0.05, 0.1) is 26.3 Å². The number of fused-ring (bicyclic) bond motifs is 1. The lowest BCUT2D eigenvalue weighted by Crippen LogP contribution is -2.21. The Labute approximate surface area is 166 Å². The predicted octanol–water partition coefficient (Wildman–Crippen LogP) is 5.28. The Morgan fingerprint density at radius 2 is 2.04 bits per heavy atom. The van der Waals surface area contributed by atoms with Gasteiger partial charge in [-0.25, -0.2) is 9.97 Å². The van der Waals surface area contributed by atoms with Crippen LogP contribution in [0.15, 0.2) is 23.0 Å². The van der Waals surface area contributed by atoms with Crippen LogP contribution in [0, 0.1) is 0 Å². The molecule has 1 aliphatic rings. The lowest BCUT2D eigenvalue weighted by atomic mass is 9.90. The van der Waals surface area contributed by atoms with Gasteiger partial charge in [0.25, 0.3) is 5.91 Å². The van der Waals surface area contributed by atoms with Crippen LogP contribution in [0.1, 0.15) is 72.9 Å². The normalized spacial score (nSPS) is 16.0. The van der Waals surface area contributed by atoms with E-state index < -0.39 is 5.60 Å². The molecule has 1 amide bonds. The highest BCUT2D eigenvalue weighted by Gasteiger charge is 2.25. The van der Waals surface area contributed by atoms with Gasteiger partial charge >= 0.3 is 0 Å². The van der Waals surface area contributed by atoms with E-state index in [1.807, 2.05) is 12.1 Å². The smallest absolute Gasteiger partial charge is 0.275 e. The van der Waals surface area contributed by atoms with Gasteiger partial charge in [0.1, 0.15) is 5.69 Å². The van der Waals surface area contributed by atoms with Crippen LogP contribution in [0.5, 0.6) is 0 Å². The number of hydrogen-bond donors (Lipinski definition) is 2. The third-order valence-corrected chi connectivity index (χ3v) is 6.84. The topological polar surface area (TPSA) is 75.1 Å². The van der Waals surface area contributed by atoms with Gasteiger partial charge in [-0.3, -0.25) is 4.79 Å². The largest absolute Gasteiger partial charge is 0.386 e. The minimum Gasteiger partial charge on any atom is -0.386 e. The lowest BCUT2D eigenvalue weighted by Gasteiger charge is -2.21. The summed E-state index contributed by atoms with van der Waals surface area (Å²) < 4.78 is 1.04. The first-order valence-corrected chi connectivity index (χ1v) is 11.0. The van der Waals surface area contributed by atoms with E-state index in [-0.39, 0.29) is 5.91 Å². The molecule has 142 valence electrons. The molecule has 0 spiro atoms. The summed E-state index contributed by atoms with van der Waals surface area (Å²) in [6, 6.07) is 3.85. The van der Waals surface area contributed by atoms with Crippen molar-refractivity contribution < 1.29 is 9.90 Å². The predicted molar refractivity (Wildman–Crippen MR) is 111 cm³/mol. The molecule has 7 heteroatoms. The van der Waals surface area contributed by atoms with Crippen LogP contribution in [0.2, 0.25) is 0 Å². The van der Waals surface area contributed by atoms with Gasteiger partial charge in [0.2, 0.25) is 0 Å². The molecule has 2 heterocycles. The zero-order valence-electron chi connectivity index (χ0n) is 15.5. The van der Waals surface area contributed by atoms with Gasteiger partial charge in [-0.2, -0.15) is 0 Å². The highest BCUT2D eigenvalue weighted by atomic mass is 32.1. The van der Waals surface area contributed by atoms with Crippen molar-refractivity contribution in [3.05, 3.63) is 39.3 Å². The van der Waals surface area contributed by atoms with Crippen LogP contribution in [-0.2, 0) is 5.60 Å². The molecule has 1 saturated carbocycles. The summed E-state index contributed by atoms with van der Waals surface area (Å²) in [6.45, 7) is 3.45. The number of hydrogen-bond acceptors (Lipinski definition) is 6. The minimum absolute atomic E-state index is 0.266. The Morgan fingerprint density at radius 3 is 2.70 bits per heavy atom. The van der Waals surface area contributed by atoms with Crippen LogP contribution in [-0.4, -0.2) is 21.0 Å². The molecule has 1 aliphatic carbocycles. The van der Waals surface area contributed by atoms with Crippen LogP contribution in [0.4, 0.5) is 5.69 Å². The summed E-state index contributed by atoms with van der Waals surface area (Å²) in [6.07, 6.45) is 6.25. The van der Waals surface area contributed by atoms with Crippen molar-refractivity contribution >= 4 is 44.5 Å². The first kappa shape index (κ1) is 18.5. The summed E-state index contributed by atoms with van der Waals surface area (Å²) in [5.74, 6) is 0.271. The number of anilines is 1. The Hall–Kier alpha value is -1.83. The third-order valence-electron chi connectivity index (χ3n) is 5.07. The lowest BCUT2D eigenvalue weighted by molar-refractivity contribution is 0.0794. The average molecular weight is 402 g/mol. The second-order valence-electron chi connectivity index (χ2n) is 7.64. The van der Waals surface area contributed by atoms with Crippen molar-refractivity contribution in [2.45, 2.75) is 57.5 Å². The zero-order valence-corrected chi connectivity index (χ0v) is 17.1. The van der Waals surface area contributed by atoms with E-state index in [1.165, 1.54) is 48.4 Å². The van der Waals surface area contributed by atoms with Gasteiger partial charge in [0, 0.05) is 22.5 Å². The molecule has 0 atom stereocenters. The standard InChI is InChI=1S/C20H23N3O2S2/c1-20(2,25)13-8-15-17(27-19(23-15)12-6-4-3-5-7-12)9-14(13)22-18(24)16-10-26-11-21-16/h8-12,25H,3-7H2,1-2H3,(H,22,24). The van der Waals surface area contributed by atoms with Crippen molar-refractivity contribution in [2.75, 3.05) is 5.32 Å². The molecule has 4 rings (SSSR count). The minimum atomic E-state index is -1.09. The van der Waals surface area contributed by atoms with E-state index in [2.05, 4.69) is 10.3 Å². The second kappa shape index (κ2) is 7.30. The van der Waals surface area contributed by atoms with E-state index >= 15 is 0 Å². The molecular formula is C20H23N3O2S2. The molecule has 2 aromatic heterocycles. The fraction of sp³-hybridized carbons (Fsp3) is 0.450. The molecule has 0 saturated heterocycles. The number of thiazole rings is 2. The highest BCUT2D eigenvalue weighted by Crippen LogP contribution is 2.39. The molecule has 0 bridgehead atoms. The van der Waals surface area contributed by atoms with Crippen LogP contribution < -0.4 is 5.32 Å². The van der Waals surface area contributed by atoms with Crippen molar-refractivity contribution in [3.63, 3.8) is 0 Å². The van der Waals surface area contributed by atoms with Crippen molar-refractivity contribution in [2.24, 2.45) is 0 Å². The van der Waals surface area contributed by atoms with Gasteiger partial charge in [-0.1, -0.05) is 19.3 Å². The maximum atomic E-state index is 12.5. The number of carbonyl (C=O) groups excluding carboxylic acids is 1. The number of benzene rings is 1. The quantitative estimate of drug-likeness (QED) is 0.624. The number of aromatic nitrogens is 2. The average Bonchev–Trinajstić information content (AvgIpc) is 3.30. The van der Waals surface area contributed by atoms with Gasteiger partial charge in [-0.05, 0) is 38.8 Å².